The summed E-state index contributed by atoms with van der Waals surface area (Å²) in [5.74, 6) is -0.995. The van der Waals surface area contributed by atoms with E-state index in [1.54, 1.807) is 12.1 Å². The second-order valence-electron chi connectivity index (χ2n) is 4.52. The molecule has 0 bridgehead atoms. The molecule has 0 atom stereocenters. The SMILES string of the molecule is Oc1ccc(CNc2ncnc3ccc(F)cc23)cc1F. The van der Waals surface area contributed by atoms with Crippen molar-refractivity contribution < 1.29 is 13.9 Å². The molecule has 0 amide bonds. The molecule has 4 nitrogen and oxygen atoms in total. The number of hydrogen-bond donors (Lipinski definition) is 2. The molecule has 3 aromatic rings. The predicted molar refractivity (Wildman–Crippen MR) is 74.9 cm³/mol. The van der Waals surface area contributed by atoms with Crippen LogP contribution in [0.2, 0.25) is 0 Å². The molecule has 0 aliphatic carbocycles. The van der Waals surface area contributed by atoms with E-state index < -0.39 is 11.6 Å². The topological polar surface area (TPSA) is 58.0 Å². The third-order valence-corrected chi connectivity index (χ3v) is 3.07. The van der Waals surface area contributed by atoms with Gasteiger partial charge in [0, 0.05) is 11.9 Å². The number of nitrogens with one attached hydrogen (secondary N) is 1. The van der Waals surface area contributed by atoms with E-state index in [2.05, 4.69) is 15.3 Å². The van der Waals surface area contributed by atoms with Crippen molar-refractivity contribution in [2.24, 2.45) is 0 Å². The van der Waals surface area contributed by atoms with E-state index in [0.717, 1.165) is 0 Å². The number of aromatic hydroxyl groups is 1. The number of halogens is 2. The highest BCUT2D eigenvalue weighted by Crippen LogP contribution is 2.21. The maximum absolute atomic E-state index is 13.3. The van der Waals surface area contributed by atoms with Gasteiger partial charge < -0.3 is 10.4 Å². The Morgan fingerprint density at radius 1 is 1.05 bits per heavy atom. The number of benzene rings is 2. The average molecular weight is 287 g/mol. The van der Waals surface area contributed by atoms with Crippen molar-refractivity contribution in [2.75, 3.05) is 5.32 Å². The first-order chi connectivity index (χ1) is 10.1. The second kappa shape index (κ2) is 5.32. The van der Waals surface area contributed by atoms with Crippen LogP contribution in [0.3, 0.4) is 0 Å². The fraction of sp³-hybridized carbons (Fsp3) is 0.0667. The van der Waals surface area contributed by atoms with Gasteiger partial charge in [-0.1, -0.05) is 6.07 Å². The molecule has 0 aliphatic heterocycles. The Labute approximate surface area is 119 Å². The summed E-state index contributed by atoms with van der Waals surface area (Å²) in [6.45, 7) is 0.291. The molecule has 1 heterocycles. The lowest BCUT2D eigenvalue weighted by molar-refractivity contribution is 0.432. The number of phenolic OH excluding ortho intramolecular Hbond substituents is 1. The predicted octanol–water partition coefficient (Wildman–Crippen LogP) is 3.23. The van der Waals surface area contributed by atoms with Crippen molar-refractivity contribution in [3.63, 3.8) is 0 Å². The third-order valence-electron chi connectivity index (χ3n) is 3.07. The van der Waals surface area contributed by atoms with Gasteiger partial charge in [0.25, 0.3) is 0 Å². The van der Waals surface area contributed by atoms with Gasteiger partial charge in [-0.3, -0.25) is 0 Å². The molecule has 0 radical (unpaired) electrons. The van der Waals surface area contributed by atoms with Gasteiger partial charge in [0.2, 0.25) is 0 Å². The minimum absolute atomic E-state index is 0.291. The van der Waals surface area contributed by atoms with E-state index in [9.17, 15) is 8.78 Å². The monoisotopic (exact) mass is 287 g/mol. The molecule has 2 aromatic carbocycles. The molecule has 0 saturated heterocycles. The van der Waals surface area contributed by atoms with Crippen molar-refractivity contribution in [3.05, 3.63) is 59.9 Å². The van der Waals surface area contributed by atoms with Crippen LogP contribution in [-0.4, -0.2) is 15.1 Å². The Morgan fingerprint density at radius 3 is 2.71 bits per heavy atom. The largest absolute Gasteiger partial charge is 0.505 e. The Hall–Kier alpha value is -2.76. The van der Waals surface area contributed by atoms with Crippen LogP contribution in [0.1, 0.15) is 5.56 Å². The molecule has 2 N–H and O–H groups in total. The van der Waals surface area contributed by atoms with E-state index in [0.29, 0.717) is 28.8 Å². The summed E-state index contributed by atoms with van der Waals surface area (Å²) in [6.07, 6.45) is 1.37. The number of hydrogen-bond acceptors (Lipinski definition) is 4. The van der Waals surface area contributed by atoms with Gasteiger partial charge in [-0.15, -0.1) is 0 Å². The van der Waals surface area contributed by atoms with Crippen molar-refractivity contribution in [3.8, 4) is 5.75 Å². The number of nitrogens with zero attached hydrogens (tertiary/aromatic N) is 2. The zero-order valence-electron chi connectivity index (χ0n) is 10.8. The second-order valence-corrected chi connectivity index (χ2v) is 4.52. The quantitative estimate of drug-likeness (QED) is 0.776. The average Bonchev–Trinajstić information content (AvgIpc) is 2.48. The Morgan fingerprint density at radius 2 is 1.90 bits per heavy atom. The minimum Gasteiger partial charge on any atom is -0.505 e. The molecule has 0 unspecified atom stereocenters. The van der Waals surface area contributed by atoms with Crippen LogP contribution in [-0.2, 0) is 6.54 Å². The summed E-state index contributed by atoms with van der Waals surface area (Å²) in [7, 11) is 0. The van der Waals surface area contributed by atoms with Crippen LogP contribution >= 0.6 is 0 Å². The highest BCUT2D eigenvalue weighted by atomic mass is 19.1. The number of anilines is 1. The van der Waals surface area contributed by atoms with Gasteiger partial charge in [0.05, 0.1) is 5.52 Å². The van der Waals surface area contributed by atoms with Gasteiger partial charge in [-0.05, 0) is 35.9 Å². The van der Waals surface area contributed by atoms with Crippen LogP contribution in [0.4, 0.5) is 14.6 Å². The maximum Gasteiger partial charge on any atom is 0.165 e. The van der Waals surface area contributed by atoms with E-state index in [4.69, 9.17) is 5.11 Å². The summed E-state index contributed by atoms with van der Waals surface area (Å²) in [6, 6.07) is 8.34. The lowest BCUT2D eigenvalue weighted by Gasteiger charge is -2.09. The van der Waals surface area contributed by atoms with Crippen LogP contribution < -0.4 is 5.32 Å². The molecule has 0 spiro atoms. The molecular formula is C15H11F2N3O. The highest BCUT2D eigenvalue weighted by molar-refractivity contribution is 5.88. The minimum atomic E-state index is -0.687. The zero-order valence-corrected chi connectivity index (χ0v) is 10.8. The molecule has 0 aliphatic rings. The fourth-order valence-electron chi connectivity index (χ4n) is 2.02. The van der Waals surface area contributed by atoms with Gasteiger partial charge >= 0.3 is 0 Å². The van der Waals surface area contributed by atoms with E-state index in [-0.39, 0.29) is 5.82 Å². The van der Waals surface area contributed by atoms with Crippen LogP contribution in [0.5, 0.6) is 5.75 Å². The lowest BCUT2D eigenvalue weighted by Crippen LogP contribution is -2.03. The maximum atomic E-state index is 13.3. The first kappa shape index (κ1) is 13.2. The Balaban J connectivity index is 1.88. The molecular weight excluding hydrogens is 276 g/mol. The summed E-state index contributed by atoms with van der Waals surface area (Å²) in [5, 5.41) is 12.7. The first-order valence-electron chi connectivity index (χ1n) is 6.25. The van der Waals surface area contributed by atoms with Crippen molar-refractivity contribution in [1.29, 1.82) is 0 Å². The van der Waals surface area contributed by atoms with Gasteiger partial charge in [-0.25, -0.2) is 18.7 Å². The van der Waals surface area contributed by atoms with Gasteiger partial charge in [0.1, 0.15) is 18.0 Å². The van der Waals surface area contributed by atoms with Crippen LogP contribution in [0, 0.1) is 11.6 Å². The molecule has 0 fully saturated rings. The van der Waals surface area contributed by atoms with Crippen molar-refractivity contribution in [1.82, 2.24) is 9.97 Å². The van der Waals surface area contributed by atoms with E-state index in [1.165, 1.54) is 30.6 Å². The summed E-state index contributed by atoms with van der Waals surface area (Å²) >= 11 is 0. The third kappa shape index (κ3) is 2.74. The van der Waals surface area contributed by atoms with Gasteiger partial charge in [-0.2, -0.15) is 0 Å². The number of aromatic nitrogens is 2. The highest BCUT2D eigenvalue weighted by Gasteiger charge is 2.06. The summed E-state index contributed by atoms with van der Waals surface area (Å²) in [4.78, 5) is 8.12. The Bertz CT molecular complexity index is 808. The van der Waals surface area contributed by atoms with E-state index >= 15 is 0 Å². The molecule has 21 heavy (non-hydrogen) atoms. The Kier molecular flexibility index (Phi) is 3.35. The van der Waals surface area contributed by atoms with Crippen molar-refractivity contribution >= 4 is 16.7 Å². The summed E-state index contributed by atoms with van der Waals surface area (Å²) in [5.41, 5.74) is 1.25. The summed E-state index contributed by atoms with van der Waals surface area (Å²) < 4.78 is 26.6. The van der Waals surface area contributed by atoms with Gasteiger partial charge in [0.15, 0.2) is 11.6 Å². The molecule has 0 saturated carbocycles. The van der Waals surface area contributed by atoms with E-state index in [1.807, 2.05) is 0 Å². The van der Waals surface area contributed by atoms with Crippen LogP contribution in [0.25, 0.3) is 10.9 Å². The molecule has 3 rings (SSSR count). The molecule has 106 valence electrons. The fourth-order valence-corrected chi connectivity index (χ4v) is 2.02. The van der Waals surface area contributed by atoms with Crippen molar-refractivity contribution in [2.45, 2.75) is 6.54 Å². The van der Waals surface area contributed by atoms with Crippen LogP contribution in [0.15, 0.2) is 42.7 Å². The smallest absolute Gasteiger partial charge is 0.165 e. The number of fused-ring (bicyclic) bond motifs is 1. The first-order valence-corrected chi connectivity index (χ1v) is 6.25. The standard InChI is InChI=1S/C15H11F2N3O/c16-10-2-3-13-11(6-10)15(20-8-19-13)18-7-9-1-4-14(21)12(17)5-9/h1-6,8,21H,7H2,(H,18,19,20). The zero-order chi connectivity index (χ0) is 14.8. The normalized spacial score (nSPS) is 10.8. The number of phenols is 1. The molecule has 6 heteroatoms. The number of rotatable bonds is 3. The molecule has 1 aromatic heterocycles. The lowest BCUT2D eigenvalue weighted by atomic mass is 10.2.